The number of amides is 1. The molecule has 0 spiro atoms. The maximum Gasteiger partial charge on any atom is 0.269 e. The molecule has 1 amide bonds. The molecule has 6 nitrogen and oxygen atoms in total. The van der Waals surface area contributed by atoms with Crippen molar-refractivity contribution in [3.8, 4) is 5.75 Å². The summed E-state index contributed by atoms with van der Waals surface area (Å²) in [5.41, 5.74) is 2.56. The van der Waals surface area contributed by atoms with Gasteiger partial charge < -0.3 is 10.1 Å². The van der Waals surface area contributed by atoms with Gasteiger partial charge in [-0.15, -0.1) is 0 Å². The summed E-state index contributed by atoms with van der Waals surface area (Å²) in [7, 11) is 1.56. The van der Waals surface area contributed by atoms with E-state index in [-0.39, 0.29) is 23.4 Å². The lowest BCUT2D eigenvalue weighted by molar-refractivity contribution is -0.116. The smallest absolute Gasteiger partial charge is 0.269 e. The standard InChI is InChI=1S/C21H23N3O3/c1-21(2,3)14-9-10-18(27-4)16(11-14)23-19(25)13-24-17-8-6-5-7-15(17)22-12-20(24)26/h5-12H,13H2,1-4H3,(H,23,25). The van der Waals surface area contributed by atoms with Crippen LogP contribution in [0.5, 0.6) is 5.75 Å². The van der Waals surface area contributed by atoms with E-state index >= 15 is 0 Å². The molecule has 0 saturated carbocycles. The third-order valence-electron chi connectivity index (χ3n) is 4.39. The molecule has 1 aromatic heterocycles. The van der Waals surface area contributed by atoms with E-state index in [1.165, 1.54) is 10.8 Å². The summed E-state index contributed by atoms with van der Waals surface area (Å²) < 4.78 is 6.78. The Hall–Kier alpha value is -3.15. The summed E-state index contributed by atoms with van der Waals surface area (Å²) in [6.07, 6.45) is 1.23. The number of carbonyl (C=O) groups is 1. The van der Waals surface area contributed by atoms with Crippen molar-refractivity contribution in [1.82, 2.24) is 9.55 Å². The van der Waals surface area contributed by atoms with E-state index < -0.39 is 0 Å². The van der Waals surface area contributed by atoms with Crippen LogP contribution < -0.4 is 15.6 Å². The molecule has 3 aromatic rings. The molecule has 0 bridgehead atoms. The molecule has 0 radical (unpaired) electrons. The van der Waals surface area contributed by atoms with Crippen molar-refractivity contribution in [2.75, 3.05) is 12.4 Å². The molecular weight excluding hydrogens is 342 g/mol. The van der Waals surface area contributed by atoms with Crippen molar-refractivity contribution < 1.29 is 9.53 Å². The Morgan fingerprint density at radius 1 is 1.19 bits per heavy atom. The van der Waals surface area contributed by atoms with Gasteiger partial charge in [-0.1, -0.05) is 39.0 Å². The Bertz CT molecular complexity index is 1050. The zero-order valence-electron chi connectivity index (χ0n) is 15.9. The minimum absolute atomic E-state index is 0.0655. The van der Waals surface area contributed by atoms with Crippen LogP contribution in [0.15, 0.2) is 53.5 Å². The maximum absolute atomic E-state index is 12.7. The molecule has 140 valence electrons. The van der Waals surface area contributed by atoms with Gasteiger partial charge in [-0.05, 0) is 35.2 Å². The number of ether oxygens (including phenoxy) is 1. The average Bonchev–Trinajstić information content (AvgIpc) is 2.63. The second-order valence-electron chi connectivity index (χ2n) is 7.38. The maximum atomic E-state index is 12.7. The third kappa shape index (κ3) is 4.00. The Balaban J connectivity index is 1.91. The molecule has 0 fully saturated rings. The van der Waals surface area contributed by atoms with E-state index in [2.05, 4.69) is 31.1 Å². The minimum Gasteiger partial charge on any atom is -0.495 e. The highest BCUT2D eigenvalue weighted by atomic mass is 16.5. The van der Waals surface area contributed by atoms with Crippen LogP contribution in [0.25, 0.3) is 11.0 Å². The van der Waals surface area contributed by atoms with Gasteiger partial charge in [-0.25, -0.2) is 4.98 Å². The number of fused-ring (bicyclic) bond motifs is 1. The Morgan fingerprint density at radius 2 is 1.93 bits per heavy atom. The lowest BCUT2D eigenvalue weighted by Crippen LogP contribution is -2.28. The van der Waals surface area contributed by atoms with E-state index in [9.17, 15) is 9.59 Å². The van der Waals surface area contributed by atoms with Crippen LogP contribution in [-0.4, -0.2) is 22.6 Å². The molecule has 3 rings (SSSR count). The fraction of sp³-hybridized carbons (Fsp3) is 0.286. The van der Waals surface area contributed by atoms with Gasteiger partial charge in [-0.2, -0.15) is 0 Å². The zero-order valence-corrected chi connectivity index (χ0v) is 15.9. The van der Waals surface area contributed by atoms with E-state index in [1.54, 1.807) is 19.2 Å². The number of hydrogen-bond donors (Lipinski definition) is 1. The molecule has 1 N–H and O–H groups in total. The summed E-state index contributed by atoms with van der Waals surface area (Å²) in [4.78, 5) is 29.0. The monoisotopic (exact) mass is 365 g/mol. The predicted molar refractivity (Wildman–Crippen MR) is 106 cm³/mol. The van der Waals surface area contributed by atoms with Crippen molar-refractivity contribution >= 4 is 22.6 Å². The number of nitrogens with zero attached hydrogens (tertiary/aromatic N) is 2. The quantitative estimate of drug-likeness (QED) is 0.770. The largest absolute Gasteiger partial charge is 0.495 e. The Kier molecular flexibility index (Phi) is 4.99. The average molecular weight is 365 g/mol. The van der Waals surface area contributed by atoms with E-state index in [0.29, 0.717) is 22.5 Å². The van der Waals surface area contributed by atoms with E-state index in [0.717, 1.165) is 5.56 Å². The highest BCUT2D eigenvalue weighted by Crippen LogP contribution is 2.31. The number of benzene rings is 2. The van der Waals surface area contributed by atoms with Gasteiger partial charge in [0.25, 0.3) is 5.56 Å². The molecule has 2 aromatic carbocycles. The number of anilines is 1. The summed E-state index contributed by atoms with van der Waals surface area (Å²) in [5.74, 6) is 0.265. The van der Waals surface area contributed by atoms with E-state index in [1.807, 2.05) is 30.3 Å². The molecule has 0 aliphatic rings. The fourth-order valence-electron chi connectivity index (χ4n) is 2.88. The number of methoxy groups -OCH3 is 1. The van der Waals surface area contributed by atoms with Crippen LogP contribution in [0, 0.1) is 0 Å². The van der Waals surface area contributed by atoms with Gasteiger partial charge in [0.15, 0.2) is 0 Å². The number of carbonyl (C=O) groups excluding carboxylic acids is 1. The van der Waals surface area contributed by atoms with Gasteiger partial charge in [0.2, 0.25) is 5.91 Å². The predicted octanol–water partition coefficient (Wildman–Crippen LogP) is 3.34. The number of hydrogen-bond acceptors (Lipinski definition) is 4. The van der Waals surface area contributed by atoms with Gasteiger partial charge in [0, 0.05) is 0 Å². The first kappa shape index (κ1) is 18.6. The normalized spacial score (nSPS) is 11.4. The van der Waals surface area contributed by atoms with Crippen LogP contribution in [-0.2, 0) is 16.8 Å². The Labute approximate surface area is 157 Å². The van der Waals surface area contributed by atoms with Crippen molar-refractivity contribution in [3.05, 3.63) is 64.6 Å². The first-order chi connectivity index (χ1) is 12.8. The van der Waals surface area contributed by atoms with Crippen LogP contribution >= 0.6 is 0 Å². The zero-order chi connectivity index (χ0) is 19.6. The fourth-order valence-corrected chi connectivity index (χ4v) is 2.88. The first-order valence-corrected chi connectivity index (χ1v) is 8.72. The third-order valence-corrected chi connectivity index (χ3v) is 4.39. The molecule has 0 aliphatic heterocycles. The molecule has 0 aliphatic carbocycles. The van der Waals surface area contributed by atoms with Crippen molar-refractivity contribution in [3.63, 3.8) is 0 Å². The van der Waals surface area contributed by atoms with Gasteiger partial charge >= 0.3 is 0 Å². The van der Waals surface area contributed by atoms with Crippen molar-refractivity contribution in [2.24, 2.45) is 0 Å². The summed E-state index contributed by atoms with van der Waals surface area (Å²) >= 11 is 0. The summed E-state index contributed by atoms with van der Waals surface area (Å²) in [6.45, 7) is 6.19. The van der Waals surface area contributed by atoms with Crippen LogP contribution in [0.4, 0.5) is 5.69 Å². The molecular formula is C21H23N3O3. The molecule has 1 heterocycles. The highest BCUT2D eigenvalue weighted by Gasteiger charge is 2.17. The van der Waals surface area contributed by atoms with Gasteiger partial charge in [-0.3, -0.25) is 14.2 Å². The lowest BCUT2D eigenvalue weighted by atomic mass is 9.87. The first-order valence-electron chi connectivity index (χ1n) is 8.72. The molecule has 0 atom stereocenters. The number of para-hydroxylation sites is 2. The summed E-state index contributed by atoms with van der Waals surface area (Å²) in [6, 6.07) is 13.0. The molecule has 27 heavy (non-hydrogen) atoms. The second-order valence-corrected chi connectivity index (χ2v) is 7.38. The van der Waals surface area contributed by atoms with Crippen molar-refractivity contribution in [1.29, 1.82) is 0 Å². The summed E-state index contributed by atoms with van der Waals surface area (Å²) in [5, 5.41) is 2.87. The van der Waals surface area contributed by atoms with Crippen LogP contribution in [0.3, 0.4) is 0 Å². The Morgan fingerprint density at radius 3 is 2.63 bits per heavy atom. The highest BCUT2D eigenvalue weighted by molar-refractivity contribution is 5.93. The topological polar surface area (TPSA) is 73.2 Å². The molecule has 6 heteroatoms. The van der Waals surface area contributed by atoms with Crippen LogP contribution in [0.1, 0.15) is 26.3 Å². The number of rotatable bonds is 4. The number of nitrogens with one attached hydrogen (secondary N) is 1. The number of aromatic nitrogens is 2. The van der Waals surface area contributed by atoms with Crippen molar-refractivity contribution in [2.45, 2.75) is 32.7 Å². The SMILES string of the molecule is COc1ccc(C(C)(C)C)cc1NC(=O)Cn1c(=O)cnc2ccccc21. The van der Waals surface area contributed by atoms with Gasteiger partial charge in [0.1, 0.15) is 12.3 Å². The minimum atomic E-state index is -0.320. The molecule has 0 saturated heterocycles. The second kappa shape index (κ2) is 7.23. The molecule has 0 unspecified atom stereocenters. The lowest BCUT2D eigenvalue weighted by Gasteiger charge is -2.21. The van der Waals surface area contributed by atoms with E-state index in [4.69, 9.17) is 4.74 Å². The van der Waals surface area contributed by atoms with Crippen LogP contribution in [0.2, 0.25) is 0 Å². The van der Waals surface area contributed by atoms with Gasteiger partial charge in [0.05, 0.1) is 30.0 Å².